The topological polar surface area (TPSA) is 55.1 Å². The average Bonchev–Trinajstić information content (AvgIpc) is 2.56. The summed E-state index contributed by atoms with van der Waals surface area (Å²) < 4.78 is 0. The maximum Gasteiger partial charge on any atom is 0.237 e. The molecule has 0 aliphatic heterocycles. The number of rotatable bonds is 7. The van der Waals surface area contributed by atoms with Gasteiger partial charge < -0.3 is 11.1 Å². The molecule has 2 aromatic carbocycles. The SMILES string of the molecule is CCC(Cc1ccccc1)NC(=O)[C@@H](N)Cc1ccccc1. The highest BCUT2D eigenvalue weighted by atomic mass is 16.2. The van der Waals surface area contributed by atoms with Crippen LogP contribution in [0.3, 0.4) is 0 Å². The Hall–Kier alpha value is -2.13. The molecule has 3 heteroatoms. The Balaban J connectivity index is 1.88. The number of benzene rings is 2. The Kier molecular flexibility index (Phi) is 6.16. The Morgan fingerprint density at radius 3 is 1.95 bits per heavy atom. The molecule has 2 aromatic rings. The predicted octanol–water partition coefficient (Wildman–Crippen LogP) is 2.69. The quantitative estimate of drug-likeness (QED) is 0.825. The average molecular weight is 296 g/mol. The minimum absolute atomic E-state index is 0.0772. The van der Waals surface area contributed by atoms with E-state index < -0.39 is 6.04 Å². The van der Waals surface area contributed by atoms with E-state index in [1.165, 1.54) is 5.56 Å². The summed E-state index contributed by atoms with van der Waals surface area (Å²) in [5.74, 6) is -0.0772. The van der Waals surface area contributed by atoms with Gasteiger partial charge in [-0.2, -0.15) is 0 Å². The largest absolute Gasteiger partial charge is 0.352 e. The van der Waals surface area contributed by atoms with Crippen LogP contribution in [-0.4, -0.2) is 18.0 Å². The van der Waals surface area contributed by atoms with Gasteiger partial charge in [0.05, 0.1) is 6.04 Å². The van der Waals surface area contributed by atoms with Crippen molar-refractivity contribution in [1.29, 1.82) is 0 Å². The molecule has 1 unspecified atom stereocenters. The molecule has 0 bridgehead atoms. The summed E-state index contributed by atoms with van der Waals surface area (Å²) in [6, 6.07) is 19.7. The van der Waals surface area contributed by atoms with Gasteiger partial charge in [-0.1, -0.05) is 67.6 Å². The number of nitrogens with two attached hydrogens (primary N) is 1. The number of carbonyl (C=O) groups excluding carboxylic acids is 1. The third-order valence-electron chi connectivity index (χ3n) is 3.80. The van der Waals surface area contributed by atoms with E-state index in [2.05, 4.69) is 24.4 Å². The molecule has 3 N–H and O–H groups in total. The molecule has 0 radical (unpaired) electrons. The fraction of sp³-hybridized carbons (Fsp3) is 0.316. The van der Waals surface area contributed by atoms with E-state index >= 15 is 0 Å². The summed E-state index contributed by atoms with van der Waals surface area (Å²) in [7, 11) is 0. The zero-order valence-corrected chi connectivity index (χ0v) is 13.0. The number of hydrogen-bond acceptors (Lipinski definition) is 2. The van der Waals surface area contributed by atoms with E-state index in [9.17, 15) is 4.79 Å². The Labute approximate surface area is 132 Å². The van der Waals surface area contributed by atoms with Crippen molar-refractivity contribution in [3.63, 3.8) is 0 Å². The first kappa shape index (κ1) is 16.2. The number of nitrogens with one attached hydrogen (secondary N) is 1. The molecule has 0 aromatic heterocycles. The molecular formula is C19H24N2O. The van der Waals surface area contributed by atoms with Crippen molar-refractivity contribution in [3.05, 3.63) is 71.8 Å². The van der Waals surface area contributed by atoms with E-state index in [1.54, 1.807) is 0 Å². The second-order valence-corrected chi connectivity index (χ2v) is 5.60. The lowest BCUT2D eigenvalue weighted by atomic mass is 10.0. The standard InChI is InChI=1S/C19H24N2O/c1-2-17(13-15-9-5-3-6-10-15)21-19(22)18(20)14-16-11-7-4-8-12-16/h3-12,17-18H,2,13-14,20H2,1H3,(H,21,22)/t17?,18-/m0/s1. The maximum atomic E-state index is 12.3. The zero-order valence-electron chi connectivity index (χ0n) is 13.0. The first-order valence-corrected chi connectivity index (χ1v) is 7.83. The van der Waals surface area contributed by atoms with Crippen molar-refractivity contribution in [2.45, 2.75) is 38.3 Å². The van der Waals surface area contributed by atoms with Crippen molar-refractivity contribution in [2.75, 3.05) is 0 Å². The minimum Gasteiger partial charge on any atom is -0.352 e. The van der Waals surface area contributed by atoms with Gasteiger partial charge in [0.25, 0.3) is 0 Å². The van der Waals surface area contributed by atoms with Gasteiger partial charge >= 0.3 is 0 Å². The van der Waals surface area contributed by atoms with Gasteiger partial charge in [-0.15, -0.1) is 0 Å². The highest BCUT2D eigenvalue weighted by Gasteiger charge is 2.17. The second kappa shape index (κ2) is 8.35. The molecule has 3 nitrogen and oxygen atoms in total. The highest BCUT2D eigenvalue weighted by Crippen LogP contribution is 2.07. The van der Waals surface area contributed by atoms with Crippen molar-refractivity contribution >= 4 is 5.91 Å². The molecule has 0 aliphatic carbocycles. The normalized spacial score (nSPS) is 13.4. The molecule has 0 saturated carbocycles. The summed E-state index contributed by atoms with van der Waals surface area (Å²) in [4.78, 5) is 12.3. The van der Waals surface area contributed by atoms with Crippen LogP contribution in [0.15, 0.2) is 60.7 Å². The van der Waals surface area contributed by atoms with Crippen LogP contribution >= 0.6 is 0 Å². The molecule has 116 valence electrons. The second-order valence-electron chi connectivity index (χ2n) is 5.60. The minimum atomic E-state index is -0.507. The third kappa shape index (κ3) is 5.01. The molecular weight excluding hydrogens is 272 g/mol. The first-order valence-electron chi connectivity index (χ1n) is 7.83. The van der Waals surface area contributed by atoms with Crippen molar-refractivity contribution in [3.8, 4) is 0 Å². The number of amides is 1. The van der Waals surface area contributed by atoms with Gasteiger partial charge in [-0.25, -0.2) is 0 Å². The van der Waals surface area contributed by atoms with Crippen LogP contribution in [0.25, 0.3) is 0 Å². The lowest BCUT2D eigenvalue weighted by Crippen LogP contribution is -2.46. The Morgan fingerprint density at radius 1 is 0.955 bits per heavy atom. The molecule has 0 spiro atoms. The van der Waals surface area contributed by atoms with Crippen LogP contribution in [0.2, 0.25) is 0 Å². The van der Waals surface area contributed by atoms with Gasteiger partial charge in [0, 0.05) is 6.04 Å². The molecule has 22 heavy (non-hydrogen) atoms. The summed E-state index contributed by atoms with van der Waals surface area (Å²) in [6.45, 7) is 2.08. The first-order chi connectivity index (χ1) is 10.7. The van der Waals surface area contributed by atoms with Crippen molar-refractivity contribution in [2.24, 2.45) is 5.73 Å². The Bertz CT molecular complexity index is 569. The Morgan fingerprint density at radius 2 is 1.45 bits per heavy atom. The molecule has 0 saturated heterocycles. The molecule has 2 rings (SSSR count). The molecule has 0 heterocycles. The molecule has 0 fully saturated rings. The third-order valence-corrected chi connectivity index (χ3v) is 3.80. The monoisotopic (exact) mass is 296 g/mol. The van der Waals surface area contributed by atoms with Crippen LogP contribution in [-0.2, 0) is 17.6 Å². The van der Waals surface area contributed by atoms with Crippen LogP contribution in [0, 0.1) is 0 Å². The van der Waals surface area contributed by atoms with Crippen LogP contribution < -0.4 is 11.1 Å². The lowest BCUT2D eigenvalue weighted by molar-refractivity contribution is -0.123. The number of carbonyl (C=O) groups is 1. The highest BCUT2D eigenvalue weighted by molar-refractivity contribution is 5.82. The predicted molar refractivity (Wildman–Crippen MR) is 90.5 cm³/mol. The molecule has 1 amide bonds. The van der Waals surface area contributed by atoms with Gasteiger partial charge in [-0.3, -0.25) is 4.79 Å². The van der Waals surface area contributed by atoms with Gasteiger partial charge in [-0.05, 0) is 30.4 Å². The van der Waals surface area contributed by atoms with Gasteiger partial charge in [0.1, 0.15) is 0 Å². The fourth-order valence-electron chi connectivity index (χ4n) is 2.46. The maximum absolute atomic E-state index is 12.3. The number of hydrogen-bond donors (Lipinski definition) is 2. The van der Waals surface area contributed by atoms with Crippen LogP contribution in [0.4, 0.5) is 0 Å². The van der Waals surface area contributed by atoms with E-state index in [1.807, 2.05) is 48.5 Å². The van der Waals surface area contributed by atoms with E-state index in [4.69, 9.17) is 5.73 Å². The fourth-order valence-corrected chi connectivity index (χ4v) is 2.46. The summed E-state index contributed by atoms with van der Waals surface area (Å²) in [6.07, 6.45) is 2.29. The van der Waals surface area contributed by atoms with Gasteiger partial charge in [0.2, 0.25) is 5.91 Å². The lowest BCUT2D eigenvalue weighted by Gasteiger charge is -2.20. The molecule has 0 aliphatic rings. The zero-order chi connectivity index (χ0) is 15.8. The van der Waals surface area contributed by atoms with Crippen molar-refractivity contribution in [1.82, 2.24) is 5.32 Å². The summed E-state index contributed by atoms with van der Waals surface area (Å²) >= 11 is 0. The van der Waals surface area contributed by atoms with E-state index in [0.717, 1.165) is 18.4 Å². The van der Waals surface area contributed by atoms with E-state index in [-0.39, 0.29) is 11.9 Å². The van der Waals surface area contributed by atoms with Crippen molar-refractivity contribution < 1.29 is 4.79 Å². The summed E-state index contributed by atoms with van der Waals surface area (Å²) in [5.41, 5.74) is 8.35. The van der Waals surface area contributed by atoms with E-state index in [0.29, 0.717) is 6.42 Å². The molecule has 2 atom stereocenters. The van der Waals surface area contributed by atoms with Gasteiger partial charge in [0.15, 0.2) is 0 Å². The summed E-state index contributed by atoms with van der Waals surface area (Å²) in [5, 5.41) is 3.07. The smallest absolute Gasteiger partial charge is 0.237 e. The van der Waals surface area contributed by atoms with Crippen LogP contribution in [0.5, 0.6) is 0 Å². The van der Waals surface area contributed by atoms with Crippen LogP contribution in [0.1, 0.15) is 24.5 Å².